The van der Waals surface area contributed by atoms with Gasteiger partial charge >= 0.3 is 0 Å². The molecule has 0 saturated heterocycles. The van der Waals surface area contributed by atoms with Crippen molar-refractivity contribution < 1.29 is 14.3 Å². The lowest BCUT2D eigenvalue weighted by Crippen LogP contribution is -2.24. The molecule has 0 aliphatic rings. The van der Waals surface area contributed by atoms with Gasteiger partial charge in [0.2, 0.25) is 0 Å². The number of carbonyl (C=O) groups excluding carboxylic acids is 1. The molecule has 0 saturated carbocycles. The first-order valence-corrected chi connectivity index (χ1v) is 10.9. The van der Waals surface area contributed by atoms with E-state index < -0.39 is 5.91 Å². The Labute approximate surface area is 201 Å². The summed E-state index contributed by atoms with van der Waals surface area (Å²) < 4.78 is 11.5. The molecule has 1 amide bonds. The van der Waals surface area contributed by atoms with E-state index >= 15 is 0 Å². The van der Waals surface area contributed by atoms with Crippen LogP contribution in [0.25, 0.3) is 10.8 Å². The number of ether oxygens (including phenoxy) is 2. The summed E-state index contributed by atoms with van der Waals surface area (Å²) in [6.07, 6.45) is 1.58. The van der Waals surface area contributed by atoms with Crippen molar-refractivity contribution in [1.82, 2.24) is 5.43 Å². The summed E-state index contributed by atoms with van der Waals surface area (Å²) in [6.45, 7) is 0.174. The fraction of sp³-hybridized carbons (Fsp3) is 0.0769. The highest BCUT2D eigenvalue weighted by Crippen LogP contribution is 2.28. The third-order valence-electron chi connectivity index (χ3n) is 4.80. The van der Waals surface area contributed by atoms with E-state index in [0.29, 0.717) is 28.2 Å². The number of nitrogens with zero attached hydrogens (tertiary/aromatic N) is 1. The van der Waals surface area contributed by atoms with Crippen LogP contribution in [0.5, 0.6) is 11.5 Å². The second-order valence-electron chi connectivity index (χ2n) is 7.13. The average Bonchev–Trinajstić information content (AvgIpc) is 2.83. The van der Waals surface area contributed by atoms with Crippen molar-refractivity contribution in [2.75, 3.05) is 6.61 Å². The van der Waals surface area contributed by atoms with Crippen LogP contribution in [0.3, 0.4) is 0 Å². The normalized spacial score (nSPS) is 11.0. The average molecular weight is 479 g/mol. The second-order valence-corrected chi connectivity index (χ2v) is 7.97. The van der Waals surface area contributed by atoms with Crippen LogP contribution in [0.4, 0.5) is 0 Å². The predicted molar refractivity (Wildman–Crippen MR) is 132 cm³/mol. The van der Waals surface area contributed by atoms with Crippen LogP contribution in [0, 0.1) is 0 Å². The van der Waals surface area contributed by atoms with Gasteiger partial charge in [0.05, 0.1) is 11.2 Å². The first kappa shape index (κ1) is 22.6. The van der Waals surface area contributed by atoms with Gasteiger partial charge in [0.1, 0.15) is 18.1 Å². The van der Waals surface area contributed by atoms with E-state index in [0.717, 1.165) is 21.9 Å². The van der Waals surface area contributed by atoms with Gasteiger partial charge in [-0.2, -0.15) is 5.10 Å². The fourth-order valence-corrected chi connectivity index (χ4v) is 3.67. The van der Waals surface area contributed by atoms with Crippen molar-refractivity contribution in [1.29, 1.82) is 0 Å². The summed E-state index contributed by atoms with van der Waals surface area (Å²) in [4.78, 5) is 12.2. The third-order valence-corrected chi connectivity index (χ3v) is 5.33. The Morgan fingerprint density at radius 3 is 2.45 bits per heavy atom. The van der Waals surface area contributed by atoms with E-state index in [-0.39, 0.29) is 6.61 Å². The SMILES string of the molecule is O=C(COc1ccc(Cl)cc1Cl)N/N=C/c1c(OCc2ccccc2)ccc2ccccc12. The van der Waals surface area contributed by atoms with Crippen LogP contribution >= 0.6 is 23.2 Å². The van der Waals surface area contributed by atoms with Crippen molar-refractivity contribution in [3.05, 3.63) is 106 Å². The zero-order valence-electron chi connectivity index (χ0n) is 17.5. The largest absolute Gasteiger partial charge is 0.488 e. The molecule has 4 aromatic carbocycles. The molecule has 0 aliphatic heterocycles. The molecule has 0 unspecified atom stereocenters. The number of fused-ring (bicyclic) bond motifs is 1. The van der Waals surface area contributed by atoms with Crippen molar-refractivity contribution >= 4 is 46.1 Å². The molecule has 0 spiro atoms. The minimum Gasteiger partial charge on any atom is -0.488 e. The van der Waals surface area contributed by atoms with Gasteiger partial charge in [0, 0.05) is 10.6 Å². The number of benzene rings is 4. The van der Waals surface area contributed by atoms with Crippen LogP contribution in [-0.4, -0.2) is 18.7 Å². The van der Waals surface area contributed by atoms with Gasteiger partial charge < -0.3 is 9.47 Å². The standard InChI is InChI=1S/C26H20Cl2N2O3/c27-20-11-13-25(23(28)14-20)33-17-26(31)30-29-15-22-21-9-5-4-8-19(21)10-12-24(22)32-16-18-6-2-1-3-7-18/h1-15H,16-17H2,(H,30,31)/b29-15+. The molecule has 0 aliphatic carbocycles. The van der Waals surface area contributed by atoms with Crippen LogP contribution < -0.4 is 14.9 Å². The fourth-order valence-electron chi connectivity index (χ4n) is 3.21. The Morgan fingerprint density at radius 1 is 0.879 bits per heavy atom. The molecule has 0 bridgehead atoms. The van der Waals surface area contributed by atoms with E-state index in [9.17, 15) is 4.79 Å². The number of hydrogen-bond acceptors (Lipinski definition) is 4. The molecular formula is C26H20Cl2N2O3. The summed E-state index contributed by atoms with van der Waals surface area (Å²) in [5.74, 6) is 0.606. The molecule has 0 fully saturated rings. The van der Waals surface area contributed by atoms with Gasteiger partial charge in [-0.05, 0) is 40.6 Å². The molecule has 33 heavy (non-hydrogen) atoms. The number of hydrogen-bond donors (Lipinski definition) is 1. The molecule has 7 heteroatoms. The van der Waals surface area contributed by atoms with Gasteiger partial charge in [-0.25, -0.2) is 5.43 Å². The highest BCUT2D eigenvalue weighted by Gasteiger charge is 2.09. The molecule has 5 nitrogen and oxygen atoms in total. The van der Waals surface area contributed by atoms with Gasteiger partial charge in [-0.15, -0.1) is 0 Å². The van der Waals surface area contributed by atoms with E-state index in [1.165, 1.54) is 0 Å². The molecule has 166 valence electrons. The number of rotatable bonds is 8. The first-order valence-electron chi connectivity index (χ1n) is 10.2. The van der Waals surface area contributed by atoms with Gasteiger partial charge in [-0.3, -0.25) is 4.79 Å². The highest BCUT2D eigenvalue weighted by molar-refractivity contribution is 6.35. The third kappa shape index (κ3) is 6.04. The summed E-state index contributed by atoms with van der Waals surface area (Å²) in [7, 11) is 0. The van der Waals surface area contributed by atoms with E-state index in [1.54, 1.807) is 24.4 Å². The molecule has 0 radical (unpaired) electrons. The molecule has 4 rings (SSSR count). The van der Waals surface area contributed by atoms with E-state index in [2.05, 4.69) is 10.5 Å². The van der Waals surface area contributed by atoms with Crippen molar-refractivity contribution in [3.63, 3.8) is 0 Å². The van der Waals surface area contributed by atoms with Crippen LogP contribution in [0.1, 0.15) is 11.1 Å². The summed E-state index contributed by atoms with van der Waals surface area (Å²) >= 11 is 11.9. The topological polar surface area (TPSA) is 59.9 Å². The maximum atomic E-state index is 12.2. The smallest absolute Gasteiger partial charge is 0.277 e. The van der Waals surface area contributed by atoms with Crippen LogP contribution in [-0.2, 0) is 11.4 Å². The Hall–Kier alpha value is -3.54. The lowest BCUT2D eigenvalue weighted by Gasteiger charge is -2.12. The second kappa shape index (κ2) is 10.9. The quantitative estimate of drug-likeness (QED) is 0.240. The molecule has 0 aromatic heterocycles. The van der Waals surface area contributed by atoms with Crippen molar-refractivity contribution in [3.8, 4) is 11.5 Å². The van der Waals surface area contributed by atoms with Gasteiger partial charge in [0.15, 0.2) is 6.61 Å². The summed E-state index contributed by atoms with van der Waals surface area (Å²) in [6, 6.07) is 26.5. The zero-order chi connectivity index (χ0) is 23.0. The number of halogens is 2. The van der Waals surface area contributed by atoms with E-state index in [1.807, 2.05) is 66.7 Å². The van der Waals surface area contributed by atoms with Gasteiger partial charge in [-0.1, -0.05) is 83.9 Å². The first-order chi connectivity index (χ1) is 16.1. The van der Waals surface area contributed by atoms with Gasteiger partial charge in [0.25, 0.3) is 5.91 Å². The Balaban J connectivity index is 1.46. The lowest BCUT2D eigenvalue weighted by molar-refractivity contribution is -0.123. The predicted octanol–water partition coefficient (Wildman–Crippen LogP) is 6.25. The molecule has 1 N–H and O–H groups in total. The minimum absolute atomic E-state index is 0.244. The highest BCUT2D eigenvalue weighted by atomic mass is 35.5. The van der Waals surface area contributed by atoms with Crippen LogP contribution in [0.15, 0.2) is 90.0 Å². The number of nitrogens with one attached hydrogen (secondary N) is 1. The van der Waals surface area contributed by atoms with Crippen LogP contribution in [0.2, 0.25) is 10.0 Å². The minimum atomic E-state index is -0.427. The Morgan fingerprint density at radius 2 is 1.64 bits per heavy atom. The summed E-state index contributed by atoms with van der Waals surface area (Å²) in [5.41, 5.74) is 4.30. The number of hydrazone groups is 1. The monoisotopic (exact) mass is 478 g/mol. The molecule has 4 aromatic rings. The molecule has 0 atom stereocenters. The van der Waals surface area contributed by atoms with Crippen molar-refractivity contribution in [2.24, 2.45) is 5.10 Å². The number of carbonyl (C=O) groups is 1. The maximum absolute atomic E-state index is 12.2. The molecular weight excluding hydrogens is 459 g/mol. The summed E-state index contributed by atoms with van der Waals surface area (Å²) in [5, 5.41) is 6.94. The van der Waals surface area contributed by atoms with E-state index in [4.69, 9.17) is 32.7 Å². The lowest BCUT2D eigenvalue weighted by atomic mass is 10.0. The Bertz CT molecular complexity index is 1290. The number of amides is 1. The van der Waals surface area contributed by atoms with Crippen molar-refractivity contribution in [2.45, 2.75) is 6.61 Å². The Kier molecular flexibility index (Phi) is 7.45. The maximum Gasteiger partial charge on any atom is 0.277 e. The zero-order valence-corrected chi connectivity index (χ0v) is 19.0. The molecule has 0 heterocycles.